The van der Waals surface area contributed by atoms with Gasteiger partial charge in [0.15, 0.2) is 4.93 Å². The van der Waals surface area contributed by atoms with Crippen molar-refractivity contribution in [1.29, 1.82) is 0 Å². The van der Waals surface area contributed by atoms with Gasteiger partial charge in [-0.1, -0.05) is 6.58 Å². The molecule has 0 N–H and O–H groups in total. The maximum Gasteiger partial charge on any atom is 0.422 e. The molecule has 0 spiro atoms. The summed E-state index contributed by atoms with van der Waals surface area (Å²) in [7, 11) is 0. The Morgan fingerprint density at radius 1 is 1.44 bits per heavy atom. The summed E-state index contributed by atoms with van der Waals surface area (Å²) in [5.74, 6) is 0.299. The highest BCUT2D eigenvalue weighted by atomic mass is 32.2. The number of hydrogen-bond acceptors (Lipinski definition) is 4. The fourth-order valence-electron chi connectivity index (χ4n) is 1.34. The van der Waals surface area contributed by atoms with Gasteiger partial charge in [0.2, 0.25) is 0 Å². The molecule has 1 heterocycles. The van der Waals surface area contributed by atoms with E-state index in [1.54, 1.807) is 18.7 Å². The SMILES string of the molecule is C=C(C(=O)OC1(C)SCCCSC1C)C(F)(F)F. The average molecular weight is 300 g/mol. The molecule has 0 aromatic heterocycles. The first-order valence-electron chi connectivity index (χ1n) is 5.42. The van der Waals surface area contributed by atoms with E-state index in [1.165, 1.54) is 11.8 Å². The molecule has 18 heavy (non-hydrogen) atoms. The summed E-state index contributed by atoms with van der Waals surface area (Å²) >= 11 is 2.98. The summed E-state index contributed by atoms with van der Waals surface area (Å²) < 4.78 is 42.1. The number of thioether (sulfide) groups is 2. The van der Waals surface area contributed by atoms with Crippen LogP contribution in [0.2, 0.25) is 0 Å². The Kier molecular flexibility index (Phi) is 5.05. The number of esters is 1. The van der Waals surface area contributed by atoms with Crippen LogP contribution in [0, 0.1) is 0 Å². The van der Waals surface area contributed by atoms with Crippen LogP contribution >= 0.6 is 23.5 Å². The number of alkyl halides is 3. The summed E-state index contributed by atoms with van der Waals surface area (Å²) in [6.45, 7) is 6.26. The Hall–Kier alpha value is -0.300. The fraction of sp³-hybridized carbons (Fsp3) is 0.727. The minimum Gasteiger partial charge on any atom is -0.443 e. The zero-order valence-corrected chi connectivity index (χ0v) is 11.8. The van der Waals surface area contributed by atoms with Crippen molar-refractivity contribution >= 4 is 29.5 Å². The van der Waals surface area contributed by atoms with E-state index >= 15 is 0 Å². The number of rotatable bonds is 2. The van der Waals surface area contributed by atoms with Crippen molar-refractivity contribution in [3.63, 3.8) is 0 Å². The third kappa shape index (κ3) is 3.85. The molecule has 1 saturated heterocycles. The first kappa shape index (κ1) is 15.8. The normalized spacial score (nSPS) is 29.5. The van der Waals surface area contributed by atoms with Gasteiger partial charge in [-0.3, -0.25) is 0 Å². The van der Waals surface area contributed by atoms with Crippen LogP contribution in [0.4, 0.5) is 13.2 Å². The van der Waals surface area contributed by atoms with Crippen molar-refractivity contribution in [1.82, 2.24) is 0 Å². The van der Waals surface area contributed by atoms with Crippen LogP contribution in [-0.2, 0) is 9.53 Å². The summed E-state index contributed by atoms with van der Waals surface area (Å²) in [6, 6.07) is 0. The molecular formula is C11H15F3O2S2. The van der Waals surface area contributed by atoms with Gasteiger partial charge < -0.3 is 4.74 Å². The van der Waals surface area contributed by atoms with Crippen LogP contribution < -0.4 is 0 Å². The number of halogens is 3. The Bertz CT molecular complexity index is 344. The molecule has 2 atom stereocenters. The molecule has 1 aliphatic heterocycles. The van der Waals surface area contributed by atoms with Crippen molar-refractivity contribution in [3.8, 4) is 0 Å². The first-order chi connectivity index (χ1) is 8.17. The molecule has 7 heteroatoms. The predicted molar refractivity (Wildman–Crippen MR) is 68.7 cm³/mol. The van der Waals surface area contributed by atoms with Crippen LogP contribution in [0.5, 0.6) is 0 Å². The van der Waals surface area contributed by atoms with Crippen LogP contribution in [-0.4, -0.2) is 33.8 Å². The lowest BCUT2D eigenvalue weighted by Crippen LogP contribution is -2.38. The van der Waals surface area contributed by atoms with Crippen molar-refractivity contribution in [2.24, 2.45) is 0 Å². The van der Waals surface area contributed by atoms with Gasteiger partial charge in [-0.15, -0.1) is 11.8 Å². The minimum absolute atomic E-state index is 0.0602. The molecule has 0 bridgehead atoms. The molecule has 2 unspecified atom stereocenters. The summed E-state index contributed by atoms with van der Waals surface area (Å²) in [5.41, 5.74) is -1.45. The molecule has 1 rings (SSSR count). The molecule has 0 aromatic rings. The van der Waals surface area contributed by atoms with Gasteiger partial charge in [0.1, 0.15) is 5.57 Å². The van der Waals surface area contributed by atoms with E-state index in [9.17, 15) is 18.0 Å². The second-order valence-electron chi connectivity index (χ2n) is 4.10. The maximum atomic E-state index is 12.3. The van der Waals surface area contributed by atoms with E-state index in [1.807, 2.05) is 6.92 Å². The Balaban J connectivity index is 2.75. The molecule has 0 aliphatic carbocycles. The molecule has 0 radical (unpaired) electrons. The van der Waals surface area contributed by atoms with Crippen LogP contribution in [0.1, 0.15) is 20.3 Å². The second kappa shape index (κ2) is 5.77. The number of ether oxygens (including phenoxy) is 1. The molecule has 1 fully saturated rings. The minimum atomic E-state index is -4.74. The van der Waals surface area contributed by atoms with E-state index in [0.717, 1.165) is 17.9 Å². The van der Waals surface area contributed by atoms with Gasteiger partial charge in [0, 0.05) is 0 Å². The van der Waals surface area contributed by atoms with Crippen molar-refractivity contribution in [3.05, 3.63) is 12.2 Å². The van der Waals surface area contributed by atoms with Crippen molar-refractivity contribution in [2.45, 2.75) is 36.6 Å². The number of carbonyl (C=O) groups excluding carboxylic acids is 1. The van der Waals surface area contributed by atoms with Crippen molar-refractivity contribution < 1.29 is 22.7 Å². The van der Waals surface area contributed by atoms with Gasteiger partial charge in [-0.25, -0.2) is 4.79 Å². The molecular weight excluding hydrogens is 285 g/mol. The molecule has 1 aliphatic rings. The monoisotopic (exact) mass is 300 g/mol. The van der Waals surface area contributed by atoms with E-state index in [4.69, 9.17) is 4.74 Å². The topological polar surface area (TPSA) is 26.3 Å². The zero-order chi connectivity index (χ0) is 14.0. The van der Waals surface area contributed by atoms with Crippen LogP contribution in [0.15, 0.2) is 12.2 Å². The smallest absolute Gasteiger partial charge is 0.422 e. The van der Waals surface area contributed by atoms with Crippen LogP contribution in [0.25, 0.3) is 0 Å². The Morgan fingerprint density at radius 3 is 2.61 bits per heavy atom. The van der Waals surface area contributed by atoms with E-state index in [0.29, 0.717) is 0 Å². The Labute approximate surface area is 113 Å². The summed E-state index contributed by atoms with van der Waals surface area (Å²) in [6.07, 6.45) is -3.79. The molecule has 0 saturated carbocycles. The zero-order valence-electron chi connectivity index (χ0n) is 10.2. The van der Waals surface area contributed by atoms with E-state index < -0.39 is 22.7 Å². The summed E-state index contributed by atoms with van der Waals surface area (Å²) in [4.78, 5) is 10.5. The maximum absolute atomic E-state index is 12.3. The largest absolute Gasteiger partial charge is 0.443 e. The number of hydrogen-bond donors (Lipinski definition) is 0. The third-order valence-corrected chi connectivity index (χ3v) is 5.79. The molecule has 0 aromatic carbocycles. The second-order valence-corrected chi connectivity index (χ2v) is 7.05. The van der Waals surface area contributed by atoms with Gasteiger partial charge in [-0.2, -0.15) is 24.9 Å². The predicted octanol–water partition coefficient (Wildman–Crippen LogP) is 3.62. The van der Waals surface area contributed by atoms with Gasteiger partial charge in [-0.05, 0) is 31.8 Å². The van der Waals surface area contributed by atoms with Gasteiger partial charge >= 0.3 is 12.1 Å². The third-order valence-electron chi connectivity index (χ3n) is 2.67. The van der Waals surface area contributed by atoms with Gasteiger partial charge in [0.05, 0.1) is 5.25 Å². The lowest BCUT2D eigenvalue weighted by Gasteiger charge is -2.32. The van der Waals surface area contributed by atoms with Crippen LogP contribution in [0.3, 0.4) is 0 Å². The Morgan fingerprint density at radius 2 is 2.06 bits per heavy atom. The number of carbonyl (C=O) groups is 1. The highest BCUT2D eigenvalue weighted by Crippen LogP contribution is 2.41. The summed E-state index contributed by atoms with van der Waals surface area (Å²) in [5, 5.41) is -0.0602. The lowest BCUT2D eigenvalue weighted by molar-refractivity contribution is -0.156. The first-order valence-corrected chi connectivity index (χ1v) is 7.45. The lowest BCUT2D eigenvalue weighted by atomic mass is 10.2. The van der Waals surface area contributed by atoms with E-state index in [-0.39, 0.29) is 5.25 Å². The van der Waals surface area contributed by atoms with Gasteiger partial charge in [0.25, 0.3) is 0 Å². The van der Waals surface area contributed by atoms with E-state index in [2.05, 4.69) is 6.58 Å². The molecule has 104 valence electrons. The molecule has 0 amide bonds. The average Bonchev–Trinajstić information content (AvgIpc) is 2.40. The van der Waals surface area contributed by atoms with Crippen molar-refractivity contribution in [2.75, 3.05) is 11.5 Å². The molecule has 2 nitrogen and oxygen atoms in total. The quantitative estimate of drug-likeness (QED) is 0.575. The fourth-order valence-corrected chi connectivity index (χ4v) is 4.01. The highest BCUT2D eigenvalue weighted by molar-refractivity contribution is 8.04. The standard InChI is InChI=1S/C11H15F3O2S2/c1-7(11(12,13)14)9(15)16-10(3)8(2)17-5-4-6-18-10/h8H,1,4-6H2,2-3H3. The highest BCUT2D eigenvalue weighted by Gasteiger charge is 2.43.